The first kappa shape index (κ1) is 10.9. The Morgan fingerprint density at radius 2 is 1.83 bits per heavy atom. The second-order valence-corrected chi connectivity index (χ2v) is 2.30. The van der Waals surface area contributed by atoms with E-state index in [1.807, 2.05) is 25.1 Å². The van der Waals surface area contributed by atoms with Gasteiger partial charge in [0.1, 0.15) is 5.75 Å². The lowest BCUT2D eigenvalue weighted by Gasteiger charge is -1.92. The van der Waals surface area contributed by atoms with E-state index in [0.717, 1.165) is 5.56 Å². The Hall–Kier alpha value is -1.06. The minimum Gasteiger partial charge on any atom is -0.508 e. The number of aryl methyl sites for hydroxylation is 1. The summed E-state index contributed by atoms with van der Waals surface area (Å²) in [5.41, 5.74) is 5.70. The maximum absolute atomic E-state index is 8.92. The fourth-order valence-electron chi connectivity index (χ4n) is 0.563. The number of para-hydroxylation sites is 1. The lowest BCUT2D eigenvalue weighted by molar-refractivity contribution is 0.306. The molecule has 0 atom stereocenters. The van der Waals surface area contributed by atoms with E-state index in [9.17, 15) is 0 Å². The third-order valence-corrected chi connectivity index (χ3v) is 1.24. The number of aliphatic hydroxyl groups excluding tert-OH is 1. The van der Waals surface area contributed by atoms with Crippen molar-refractivity contribution in [3.63, 3.8) is 0 Å². The molecule has 0 aliphatic carbocycles. The van der Waals surface area contributed by atoms with E-state index in [1.165, 1.54) is 0 Å². The minimum atomic E-state index is 0.0972. The average Bonchev–Trinajstić information content (AvgIpc) is 2.11. The van der Waals surface area contributed by atoms with Gasteiger partial charge in [0, 0.05) is 6.54 Å². The van der Waals surface area contributed by atoms with Crippen LogP contribution in [0.1, 0.15) is 5.56 Å². The van der Waals surface area contributed by atoms with Crippen molar-refractivity contribution in [3.05, 3.63) is 29.8 Å². The Labute approximate surface area is 72.5 Å². The van der Waals surface area contributed by atoms with Gasteiger partial charge in [-0.15, -0.1) is 0 Å². The van der Waals surface area contributed by atoms with Crippen molar-refractivity contribution in [1.82, 2.24) is 0 Å². The van der Waals surface area contributed by atoms with Crippen molar-refractivity contribution in [3.8, 4) is 5.75 Å². The summed E-state index contributed by atoms with van der Waals surface area (Å²) < 4.78 is 0. The Balaban J connectivity index is 0.000000261. The van der Waals surface area contributed by atoms with Crippen LogP contribution in [-0.4, -0.2) is 23.4 Å². The molecule has 0 radical (unpaired) electrons. The van der Waals surface area contributed by atoms with Gasteiger partial charge in [0.2, 0.25) is 0 Å². The molecule has 1 rings (SSSR count). The van der Waals surface area contributed by atoms with Gasteiger partial charge in [-0.3, -0.25) is 0 Å². The monoisotopic (exact) mass is 169 g/mol. The summed E-state index contributed by atoms with van der Waals surface area (Å²) in [6.45, 7) is 2.34. The van der Waals surface area contributed by atoms with Gasteiger partial charge in [-0.05, 0) is 18.6 Å². The first-order valence-corrected chi connectivity index (χ1v) is 3.78. The second-order valence-electron chi connectivity index (χ2n) is 2.30. The maximum Gasteiger partial charge on any atom is 0.118 e. The molecule has 1 aromatic carbocycles. The molecule has 3 nitrogen and oxygen atoms in total. The molecule has 0 saturated heterocycles. The van der Waals surface area contributed by atoms with Crippen LogP contribution < -0.4 is 5.73 Å². The summed E-state index contributed by atoms with van der Waals surface area (Å²) in [4.78, 5) is 0. The average molecular weight is 169 g/mol. The first-order valence-electron chi connectivity index (χ1n) is 3.78. The Kier molecular flexibility index (Phi) is 6.05. The lowest BCUT2D eigenvalue weighted by atomic mass is 10.2. The molecule has 0 spiro atoms. The van der Waals surface area contributed by atoms with Crippen molar-refractivity contribution < 1.29 is 10.2 Å². The first-order chi connectivity index (χ1) is 5.72. The Bertz CT molecular complexity index is 190. The number of phenolic OH excluding ortho intramolecular Hbond substituents is 1. The number of hydrogen-bond donors (Lipinski definition) is 3. The smallest absolute Gasteiger partial charge is 0.118 e. The van der Waals surface area contributed by atoms with E-state index in [-0.39, 0.29) is 6.61 Å². The van der Waals surface area contributed by atoms with Gasteiger partial charge < -0.3 is 15.9 Å². The van der Waals surface area contributed by atoms with Crippen LogP contribution in [0.25, 0.3) is 0 Å². The third-order valence-electron chi connectivity index (χ3n) is 1.24. The molecule has 0 amide bonds. The highest BCUT2D eigenvalue weighted by Gasteiger charge is 1.86. The van der Waals surface area contributed by atoms with E-state index < -0.39 is 0 Å². The van der Waals surface area contributed by atoms with E-state index in [1.54, 1.807) is 6.07 Å². The minimum absolute atomic E-state index is 0.0972. The summed E-state index contributed by atoms with van der Waals surface area (Å²) in [5.74, 6) is 0.368. The zero-order valence-electron chi connectivity index (χ0n) is 7.20. The standard InChI is InChI=1S/C7H8O.C2H7NO/c1-6-4-2-3-5-7(6)8;3-1-2-4/h2-5,8H,1H3;4H,1-3H2. The van der Waals surface area contributed by atoms with Crippen molar-refractivity contribution >= 4 is 0 Å². The zero-order valence-corrected chi connectivity index (χ0v) is 7.20. The molecule has 0 saturated carbocycles. The molecule has 0 unspecified atom stereocenters. The van der Waals surface area contributed by atoms with Crippen LogP contribution in [0.3, 0.4) is 0 Å². The SMILES string of the molecule is Cc1ccccc1O.NCCO. The van der Waals surface area contributed by atoms with E-state index >= 15 is 0 Å². The zero-order chi connectivity index (χ0) is 9.40. The number of aromatic hydroxyl groups is 1. The summed E-state index contributed by atoms with van der Waals surface area (Å²) in [6.07, 6.45) is 0. The van der Waals surface area contributed by atoms with Crippen LogP contribution in [0, 0.1) is 6.92 Å². The van der Waals surface area contributed by atoms with Gasteiger partial charge in [-0.25, -0.2) is 0 Å². The molecule has 1 aromatic rings. The largest absolute Gasteiger partial charge is 0.508 e. The van der Waals surface area contributed by atoms with Crippen LogP contribution >= 0.6 is 0 Å². The Morgan fingerprint density at radius 1 is 1.33 bits per heavy atom. The molecule has 0 aliphatic rings. The number of rotatable bonds is 1. The molecule has 0 fully saturated rings. The normalized spacial score (nSPS) is 8.58. The highest BCUT2D eigenvalue weighted by atomic mass is 16.3. The van der Waals surface area contributed by atoms with Gasteiger partial charge in [0.25, 0.3) is 0 Å². The number of aliphatic hydroxyl groups is 1. The van der Waals surface area contributed by atoms with Gasteiger partial charge in [-0.2, -0.15) is 0 Å². The summed E-state index contributed by atoms with van der Waals surface area (Å²) in [7, 11) is 0. The molecule has 4 N–H and O–H groups in total. The van der Waals surface area contributed by atoms with Crippen molar-refractivity contribution in [2.24, 2.45) is 5.73 Å². The van der Waals surface area contributed by atoms with Crippen LogP contribution in [0.2, 0.25) is 0 Å². The second kappa shape index (κ2) is 6.64. The van der Waals surface area contributed by atoms with E-state index in [4.69, 9.17) is 15.9 Å². The van der Waals surface area contributed by atoms with Crippen LogP contribution in [0.5, 0.6) is 5.75 Å². The molecular formula is C9H15NO2. The van der Waals surface area contributed by atoms with E-state index in [2.05, 4.69) is 0 Å². The summed E-state index contributed by atoms with van der Waals surface area (Å²) in [5, 5.41) is 16.7. The molecule has 12 heavy (non-hydrogen) atoms. The molecule has 0 heterocycles. The highest BCUT2D eigenvalue weighted by molar-refractivity contribution is 5.29. The van der Waals surface area contributed by atoms with Crippen molar-refractivity contribution in [2.75, 3.05) is 13.2 Å². The van der Waals surface area contributed by atoms with Crippen LogP contribution in [-0.2, 0) is 0 Å². The molecular weight excluding hydrogens is 154 g/mol. The van der Waals surface area contributed by atoms with E-state index in [0.29, 0.717) is 12.3 Å². The molecule has 0 aromatic heterocycles. The quantitative estimate of drug-likeness (QED) is 0.578. The van der Waals surface area contributed by atoms with Crippen LogP contribution in [0.15, 0.2) is 24.3 Å². The number of nitrogens with two attached hydrogens (primary N) is 1. The summed E-state index contributed by atoms with van der Waals surface area (Å²) in [6, 6.07) is 7.25. The topological polar surface area (TPSA) is 66.5 Å². The van der Waals surface area contributed by atoms with Gasteiger partial charge >= 0.3 is 0 Å². The molecule has 68 valence electrons. The van der Waals surface area contributed by atoms with Gasteiger partial charge in [0.15, 0.2) is 0 Å². The maximum atomic E-state index is 8.92. The lowest BCUT2D eigenvalue weighted by Crippen LogP contribution is -2.02. The molecule has 0 bridgehead atoms. The summed E-state index contributed by atoms with van der Waals surface area (Å²) >= 11 is 0. The molecule has 0 aliphatic heterocycles. The number of benzene rings is 1. The fraction of sp³-hybridized carbons (Fsp3) is 0.333. The highest BCUT2D eigenvalue weighted by Crippen LogP contribution is 2.12. The number of hydrogen-bond acceptors (Lipinski definition) is 3. The van der Waals surface area contributed by atoms with Gasteiger partial charge in [0.05, 0.1) is 6.61 Å². The fourth-order valence-corrected chi connectivity index (χ4v) is 0.563. The van der Waals surface area contributed by atoms with Crippen molar-refractivity contribution in [1.29, 1.82) is 0 Å². The molecule has 3 heteroatoms. The number of phenols is 1. The Morgan fingerprint density at radius 3 is 2.08 bits per heavy atom. The predicted molar refractivity (Wildman–Crippen MR) is 49.0 cm³/mol. The third kappa shape index (κ3) is 4.71. The van der Waals surface area contributed by atoms with Crippen molar-refractivity contribution in [2.45, 2.75) is 6.92 Å². The predicted octanol–water partition coefficient (Wildman–Crippen LogP) is 0.638. The van der Waals surface area contributed by atoms with Gasteiger partial charge in [-0.1, -0.05) is 18.2 Å². The van der Waals surface area contributed by atoms with Crippen LogP contribution in [0.4, 0.5) is 0 Å².